The highest BCUT2D eigenvalue weighted by Gasteiger charge is 2.65. The second-order valence-electron chi connectivity index (χ2n) is 4.34. The summed E-state index contributed by atoms with van der Waals surface area (Å²) in [5.41, 5.74) is -1.22. The number of alkyl halides is 3. The third-order valence-electron chi connectivity index (χ3n) is 3.36. The minimum atomic E-state index is -4.26. The Balaban J connectivity index is 2.17. The summed E-state index contributed by atoms with van der Waals surface area (Å²) >= 11 is 0. The minimum Gasteiger partial charge on any atom is -0.427 e. The molecule has 1 saturated carbocycles. The third kappa shape index (κ3) is 1.26. The van der Waals surface area contributed by atoms with Crippen LogP contribution in [0.25, 0.3) is 11.4 Å². The number of aromatic nitrogens is 2. The van der Waals surface area contributed by atoms with E-state index in [1.807, 2.05) is 0 Å². The van der Waals surface area contributed by atoms with Crippen LogP contribution in [0.4, 0.5) is 13.2 Å². The van der Waals surface area contributed by atoms with Crippen LogP contribution in [-0.2, 0) is 5.41 Å². The number of nitrogens with zero attached hydrogens (tertiary/aromatic N) is 2. The molecule has 0 bridgehead atoms. The number of fused-ring (bicyclic) bond motifs is 1. The number of hydrogen-bond donors (Lipinski definition) is 1. The van der Waals surface area contributed by atoms with Crippen molar-refractivity contribution >= 4 is 0 Å². The average Bonchev–Trinajstić information content (AvgIpc) is 2.94. The highest BCUT2D eigenvalue weighted by Crippen LogP contribution is 2.60. The van der Waals surface area contributed by atoms with E-state index in [0.29, 0.717) is 5.56 Å². The van der Waals surface area contributed by atoms with Crippen LogP contribution in [0.3, 0.4) is 0 Å². The van der Waals surface area contributed by atoms with Gasteiger partial charge in [0.25, 0.3) is 0 Å². The fourth-order valence-electron chi connectivity index (χ4n) is 2.24. The van der Waals surface area contributed by atoms with Gasteiger partial charge in [-0.25, -0.2) is 4.98 Å². The molecule has 6 heteroatoms. The maximum Gasteiger partial charge on any atom is 0.398 e. The maximum absolute atomic E-state index is 13.0. The van der Waals surface area contributed by atoms with E-state index in [9.17, 15) is 18.4 Å². The molecule has 2 aliphatic heterocycles. The predicted molar refractivity (Wildman–Crippen MR) is 53.0 cm³/mol. The number of rotatable bonds is 1. The zero-order valence-electron chi connectivity index (χ0n) is 8.70. The molecule has 1 N–H and O–H groups in total. The Morgan fingerprint density at radius 3 is 2.65 bits per heavy atom. The third-order valence-corrected chi connectivity index (χ3v) is 3.36. The van der Waals surface area contributed by atoms with Gasteiger partial charge in [-0.3, -0.25) is 0 Å². The molecule has 0 saturated heterocycles. The summed E-state index contributed by atoms with van der Waals surface area (Å²) in [5, 5.41) is 9.45. The highest BCUT2D eigenvalue weighted by molar-refractivity contribution is 5.66. The Morgan fingerprint density at radius 1 is 1.35 bits per heavy atom. The SMILES string of the molecule is On1cccc2c(C3(C(F)(F)F)CC3)cnc1-2. The summed E-state index contributed by atoms with van der Waals surface area (Å²) in [5.74, 6) is 0.165. The van der Waals surface area contributed by atoms with Crippen molar-refractivity contribution in [3.8, 4) is 11.4 Å². The van der Waals surface area contributed by atoms with E-state index in [1.54, 1.807) is 6.07 Å². The summed E-state index contributed by atoms with van der Waals surface area (Å²) in [6.07, 6.45) is -1.51. The molecule has 2 heterocycles. The Hall–Kier alpha value is -1.72. The minimum absolute atomic E-state index is 0.0949. The second-order valence-corrected chi connectivity index (χ2v) is 4.34. The average molecular weight is 242 g/mol. The van der Waals surface area contributed by atoms with E-state index < -0.39 is 11.6 Å². The molecule has 0 unspecified atom stereocenters. The summed E-state index contributed by atoms with van der Waals surface area (Å²) < 4.78 is 39.7. The summed E-state index contributed by atoms with van der Waals surface area (Å²) in [6, 6.07) is 3.05. The lowest BCUT2D eigenvalue weighted by Crippen LogP contribution is -2.28. The van der Waals surface area contributed by atoms with Gasteiger partial charge < -0.3 is 5.21 Å². The molecule has 0 radical (unpaired) electrons. The van der Waals surface area contributed by atoms with Gasteiger partial charge in [0.15, 0.2) is 5.82 Å². The molecule has 17 heavy (non-hydrogen) atoms. The molecule has 0 amide bonds. The number of pyridine rings is 1. The smallest absolute Gasteiger partial charge is 0.398 e. The van der Waals surface area contributed by atoms with E-state index in [0.717, 1.165) is 4.73 Å². The van der Waals surface area contributed by atoms with Crippen molar-refractivity contribution < 1.29 is 18.4 Å². The van der Waals surface area contributed by atoms with Crippen molar-refractivity contribution in [3.63, 3.8) is 0 Å². The molecule has 0 atom stereocenters. The molecule has 0 spiro atoms. The van der Waals surface area contributed by atoms with Crippen molar-refractivity contribution in [1.29, 1.82) is 0 Å². The van der Waals surface area contributed by atoms with E-state index in [2.05, 4.69) is 4.98 Å². The Kier molecular flexibility index (Phi) is 1.80. The van der Waals surface area contributed by atoms with Crippen molar-refractivity contribution in [2.75, 3.05) is 0 Å². The monoisotopic (exact) mass is 242 g/mol. The van der Waals surface area contributed by atoms with Crippen LogP contribution in [0.5, 0.6) is 0 Å². The van der Waals surface area contributed by atoms with Crippen molar-refractivity contribution in [2.24, 2.45) is 0 Å². The number of halogens is 3. The molecule has 90 valence electrons. The van der Waals surface area contributed by atoms with Gasteiger partial charge in [0.05, 0.1) is 5.41 Å². The summed E-state index contributed by atoms with van der Waals surface area (Å²) in [6.45, 7) is 0. The first-order chi connectivity index (χ1) is 7.96. The van der Waals surface area contributed by atoms with Crippen LogP contribution < -0.4 is 0 Å². The molecule has 3 nitrogen and oxygen atoms in total. The molecular weight excluding hydrogens is 233 g/mol. The largest absolute Gasteiger partial charge is 0.427 e. The van der Waals surface area contributed by atoms with Gasteiger partial charge in [-0.15, -0.1) is 0 Å². The fourth-order valence-corrected chi connectivity index (χ4v) is 2.24. The molecule has 0 aromatic carbocycles. The van der Waals surface area contributed by atoms with Crippen molar-refractivity contribution in [3.05, 3.63) is 30.1 Å². The lowest BCUT2D eigenvalue weighted by atomic mass is 9.93. The molecule has 3 aliphatic rings. The van der Waals surface area contributed by atoms with E-state index in [1.165, 1.54) is 18.5 Å². The van der Waals surface area contributed by atoms with Gasteiger partial charge >= 0.3 is 6.18 Å². The lowest BCUT2D eigenvalue weighted by Gasteiger charge is -2.19. The zero-order valence-corrected chi connectivity index (χ0v) is 8.70. The number of hydrogen-bond acceptors (Lipinski definition) is 2. The molecule has 0 aromatic heterocycles. The first-order valence-electron chi connectivity index (χ1n) is 5.18. The standard InChI is InChI=1S/C11H9F3N2O/c12-11(13,14)10(3-4-10)8-6-15-9-7(8)2-1-5-16(9)17/h1-2,5-6,17H,3-4H2. The summed E-state index contributed by atoms with van der Waals surface area (Å²) in [7, 11) is 0. The highest BCUT2D eigenvalue weighted by atomic mass is 19.4. The van der Waals surface area contributed by atoms with Crippen molar-refractivity contribution in [1.82, 2.24) is 9.71 Å². The van der Waals surface area contributed by atoms with Crippen LogP contribution in [0.15, 0.2) is 24.5 Å². The van der Waals surface area contributed by atoms with Gasteiger partial charge in [0, 0.05) is 18.0 Å². The van der Waals surface area contributed by atoms with Gasteiger partial charge in [0.1, 0.15) is 0 Å². The van der Waals surface area contributed by atoms with Gasteiger partial charge in [-0.05, 0) is 30.5 Å². The van der Waals surface area contributed by atoms with Gasteiger partial charge in [-0.1, -0.05) is 0 Å². The molecule has 1 aliphatic carbocycles. The molecule has 1 fully saturated rings. The first-order valence-corrected chi connectivity index (χ1v) is 5.18. The normalized spacial score (nSPS) is 18.5. The Labute approximate surface area is 94.8 Å². The topological polar surface area (TPSA) is 38.0 Å². The van der Waals surface area contributed by atoms with Crippen LogP contribution in [0.1, 0.15) is 18.4 Å². The van der Waals surface area contributed by atoms with Crippen LogP contribution >= 0.6 is 0 Å². The second kappa shape index (κ2) is 2.94. The first kappa shape index (κ1) is 10.4. The predicted octanol–water partition coefficient (Wildman–Crippen LogP) is 2.82. The molecule has 3 rings (SSSR count). The Morgan fingerprint density at radius 2 is 2.06 bits per heavy atom. The van der Waals surface area contributed by atoms with Crippen LogP contribution in [0.2, 0.25) is 0 Å². The van der Waals surface area contributed by atoms with Crippen LogP contribution in [-0.4, -0.2) is 21.1 Å². The molecular formula is C11H9F3N2O. The quantitative estimate of drug-likeness (QED) is 0.781. The summed E-state index contributed by atoms with van der Waals surface area (Å²) in [4.78, 5) is 3.85. The van der Waals surface area contributed by atoms with Gasteiger partial charge in [-0.2, -0.15) is 17.9 Å². The van der Waals surface area contributed by atoms with Gasteiger partial charge in [0.2, 0.25) is 0 Å². The van der Waals surface area contributed by atoms with E-state index in [4.69, 9.17) is 0 Å². The maximum atomic E-state index is 13.0. The molecule has 0 aromatic rings. The van der Waals surface area contributed by atoms with Crippen LogP contribution in [0, 0.1) is 0 Å². The Bertz CT molecular complexity index is 542. The van der Waals surface area contributed by atoms with E-state index >= 15 is 0 Å². The van der Waals surface area contributed by atoms with Crippen molar-refractivity contribution in [2.45, 2.75) is 24.4 Å². The fraction of sp³-hybridized carbons (Fsp3) is 0.364. The van der Waals surface area contributed by atoms with E-state index in [-0.39, 0.29) is 24.2 Å². The zero-order chi connectivity index (χ0) is 12.3. The lowest BCUT2D eigenvalue weighted by molar-refractivity contribution is -0.160.